The van der Waals surface area contributed by atoms with E-state index in [1.54, 1.807) is 23.1 Å². The third-order valence-corrected chi connectivity index (χ3v) is 6.95. The number of anilines is 1. The molecular weight excluding hydrogens is 415 g/mol. The summed E-state index contributed by atoms with van der Waals surface area (Å²) in [6.07, 6.45) is 3.37. The van der Waals surface area contributed by atoms with Crippen molar-refractivity contribution in [1.82, 2.24) is 4.90 Å². The number of nitrogens with zero attached hydrogens (tertiary/aromatic N) is 2. The van der Waals surface area contributed by atoms with E-state index >= 15 is 0 Å². The molecule has 33 heavy (non-hydrogen) atoms. The summed E-state index contributed by atoms with van der Waals surface area (Å²) in [6, 6.07) is 25.0. The highest BCUT2D eigenvalue weighted by Crippen LogP contribution is 2.40. The number of hydrogen-bond donors (Lipinski definition) is 0. The first-order chi connectivity index (χ1) is 16.1. The summed E-state index contributed by atoms with van der Waals surface area (Å²) in [6.45, 7) is 2.97. The van der Waals surface area contributed by atoms with Gasteiger partial charge in [-0.2, -0.15) is 0 Å². The van der Waals surface area contributed by atoms with E-state index in [1.807, 2.05) is 12.1 Å². The van der Waals surface area contributed by atoms with Crippen molar-refractivity contribution in [2.45, 2.75) is 31.3 Å². The molecule has 1 fully saturated rings. The molecule has 5 rings (SSSR count). The van der Waals surface area contributed by atoms with Crippen LogP contribution in [0.2, 0.25) is 0 Å². The van der Waals surface area contributed by atoms with Crippen LogP contribution in [0.5, 0.6) is 5.75 Å². The van der Waals surface area contributed by atoms with Gasteiger partial charge in [-0.25, -0.2) is 4.39 Å². The highest BCUT2D eigenvalue weighted by atomic mass is 19.1. The van der Waals surface area contributed by atoms with Crippen LogP contribution in [0.25, 0.3) is 0 Å². The smallest absolute Gasteiger partial charge is 0.256 e. The highest BCUT2D eigenvalue weighted by Gasteiger charge is 2.40. The van der Waals surface area contributed by atoms with Gasteiger partial charge in [-0.15, -0.1) is 0 Å². The van der Waals surface area contributed by atoms with Gasteiger partial charge in [-0.05, 0) is 36.2 Å². The van der Waals surface area contributed by atoms with E-state index in [0.717, 1.165) is 50.2 Å². The largest absolute Gasteiger partial charge is 0.485 e. The van der Waals surface area contributed by atoms with E-state index in [9.17, 15) is 9.18 Å². The maximum atomic E-state index is 14.1. The minimum absolute atomic E-state index is 0.146. The number of piperidine rings is 1. The number of carbonyl (C=O) groups excluding carboxylic acids is 1. The second-order valence-corrected chi connectivity index (χ2v) is 9.00. The van der Waals surface area contributed by atoms with E-state index in [2.05, 4.69) is 47.4 Å². The minimum atomic E-state index is -0.462. The molecule has 3 aromatic rings. The zero-order valence-corrected chi connectivity index (χ0v) is 18.8. The molecule has 0 aliphatic carbocycles. The van der Waals surface area contributed by atoms with Crippen LogP contribution in [-0.2, 0) is 6.42 Å². The van der Waals surface area contributed by atoms with Crippen molar-refractivity contribution in [3.63, 3.8) is 0 Å². The topological polar surface area (TPSA) is 32.8 Å². The number of para-hydroxylation sites is 2. The Morgan fingerprint density at radius 3 is 2.30 bits per heavy atom. The molecule has 2 heterocycles. The zero-order chi connectivity index (χ0) is 22.7. The Hall–Kier alpha value is -3.34. The van der Waals surface area contributed by atoms with Crippen LogP contribution in [0.15, 0.2) is 78.9 Å². The predicted molar refractivity (Wildman–Crippen MR) is 128 cm³/mol. The van der Waals surface area contributed by atoms with Gasteiger partial charge >= 0.3 is 0 Å². The van der Waals surface area contributed by atoms with Gasteiger partial charge in [0, 0.05) is 45.4 Å². The van der Waals surface area contributed by atoms with Crippen LogP contribution in [0.3, 0.4) is 0 Å². The number of likely N-dealkylation sites (tertiary alicyclic amines) is 1. The van der Waals surface area contributed by atoms with E-state index in [4.69, 9.17) is 4.74 Å². The number of ether oxygens (including phenoxy) is 1. The summed E-state index contributed by atoms with van der Waals surface area (Å²) < 4.78 is 20.8. The Labute approximate surface area is 194 Å². The summed E-state index contributed by atoms with van der Waals surface area (Å²) in [5, 5.41) is 0. The molecule has 5 heteroatoms. The molecule has 4 nitrogen and oxygen atoms in total. The molecule has 0 unspecified atom stereocenters. The van der Waals surface area contributed by atoms with Crippen LogP contribution >= 0.6 is 0 Å². The molecule has 170 valence electrons. The van der Waals surface area contributed by atoms with Gasteiger partial charge in [0.25, 0.3) is 5.91 Å². The number of fused-ring (bicyclic) bond motifs is 1. The van der Waals surface area contributed by atoms with Crippen LogP contribution in [0.4, 0.5) is 10.1 Å². The first-order valence-corrected chi connectivity index (χ1v) is 11.7. The fraction of sp³-hybridized carbons (Fsp3) is 0.321. The van der Waals surface area contributed by atoms with E-state index in [1.165, 1.54) is 11.6 Å². The van der Waals surface area contributed by atoms with E-state index < -0.39 is 5.82 Å². The lowest BCUT2D eigenvalue weighted by molar-refractivity contribution is 0.00229. The summed E-state index contributed by atoms with van der Waals surface area (Å²) in [5.74, 6) is 0.217. The van der Waals surface area contributed by atoms with Crippen molar-refractivity contribution in [2.75, 3.05) is 31.1 Å². The SMILES string of the molecule is O=C(c1ccccc1F)N1CCC2(CC1)CCN(CCc1ccccc1)c1ccccc1O2. The highest BCUT2D eigenvalue weighted by molar-refractivity contribution is 5.94. The Balaban J connectivity index is 1.29. The van der Waals surface area contributed by atoms with E-state index in [-0.39, 0.29) is 17.1 Å². The lowest BCUT2D eigenvalue weighted by Crippen LogP contribution is -2.50. The van der Waals surface area contributed by atoms with Gasteiger partial charge < -0.3 is 14.5 Å². The van der Waals surface area contributed by atoms with E-state index in [0.29, 0.717) is 13.1 Å². The van der Waals surface area contributed by atoms with Crippen molar-refractivity contribution in [3.05, 3.63) is 95.8 Å². The zero-order valence-electron chi connectivity index (χ0n) is 18.8. The second-order valence-electron chi connectivity index (χ2n) is 9.00. The number of hydrogen-bond acceptors (Lipinski definition) is 3. The third kappa shape index (κ3) is 4.58. The second kappa shape index (κ2) is 9.26. The fourth-order valence-electron chi connectivity index (χ4n) is 4.96. The monoisotopic (exact) mass is 444 g/mol. The predicted octanol–water partition coefficient (Wildman–Crippen LogP) is 5.33. The van der Waals surface area contributed by atoms with Gasteiger partial charge in [0.1, 0.15) is 17.2 Å². The minimum Gasteiger partial charge on any atom is -0.485 e. The molecular formula is C28H29FN2O2. The van der Waals surface area contributed by atoms with Crippen molar-refractivity contribution in [1.29, 1.82) is 0 Å². The Morgan fingerprint density at radius 1 is 0.848 bits per heavy atom. The van der Waals surface area contributed by atoms with Crippen molar-refractivity contribution >= 4 is 11.6 Å². The molecule has 2 aliphatic rings. The number of halogens is 1. The van der Waals surface area contributed by atoms with Gasteiger partial charge in [-0.3, -0.25) is 4.79 Å². The summed E-state index contributed by atoms with van der Waals surface area (Å²) >= 11 is 0. The number of benzene rings is 3. The first-order valence-electron chi connectivity index (χ1n) is 11.7. The van der Waals surface area contributed by atoms with Gasteiger partial charge in [-0.1, -0.05) is 54.6 Å². The normalized spacial score (nSPS) is 17.2. The standard InChI is InChI=1S/C28H29FN2O2/c29-24-11-5-4-10-23(24)27(32)31-20-16-28(17-21-31)15-19-30(18-14-22-8-2-1-3-9-22)25-12-6-7-13-26(25)33-28/h1-13H,14-21H2. The molecule has 3 aromatic carbocycles. The first kappa shape index (κ1) is 21.5. The average Bonchev–Trinajstić information content (AvgIpc) is 3.00. The molecule has 1 spiro atoms. The summed E-state index contributed by atoms with van der Waals surface area (Å²) in [4.78, 5) is 17.1. The number of amides is 1. The van der Waals surface area contributed by atoms with Crippen molar-refractivity contribution < 1.29 is 13.9 Å². The third-order valence-electron chi connectivity index (χ3n) is 6.95. The van der Waals surface area contributed by atoms with Crippen LogP contribution in [-0.4, -0.2) is 42.6 Å². The lowest BCUT2D eigenvalue weighted by Gasteiger charge is -2.41. The van der Waals surface area contributed by atoms with Crippen LogP contribution in [0, 0.1) is 5.82 Å². The lowest BCUT2D eigenvalue weighted by atomic mass is 9.87. The molecule has 1 saturated heterocycles. The molecule has 0 radical (unpaired) electrons. The van der Waals surface area contributed by atoms with Crippen molar-refractivity contribution in [2.24, 2.45) is 0 Å². The van der Waals surface area contributed by atoms with Crippen LogP contribution in [0.1, 0.15) is 35.2 Å². The van der Waals surface area contributed by atoms with Crippen LogP contribution < -0.4 is 9.64 Å². The average molecular weight is 445 g/mol. The maximum Gasteiger partial charge on any atom is 0.256 e. The number of carbonyl (C=O) groups is 1. The molecule has 0 saturated carbocycles. The fourth-order valence-corrected chi connectivity index (χ4v) is 4.96. The Bertz CT molecular complexity index is 1110. The Morgan fingerprint density at radius 2 is 1.52 bits per heavy atom. The summed E-state index contributed by atoms with van der Waals surface area (Å²) in [7, 11) is 0. The maximum absolute atomic E-state index is 14.1. The molecule has 0 bridgehead atoms. The molecule has 0 N–H and O–H groups in total. The molecule has 1 amide bonds. The van der Waals surface area contributed by atoms with Gasteiger partial charge in [0.05, 0.1) is 11.3 Å². The molecule has 2 aliphatic heterocycles. The number of rotatable bonds is 4. The van der Waals surface area contributed by atoms with Gasteiger partial charge in [0.2, 0.25) is 0 Å². The quantitative estimate of drug-likeness (QED) is 0.545. The molecule has 0 atom stereocenters. The van der Waals surface area contributed by atoms with Gasteiger partial charge in [0.15, 0.2) is 0 Å². The summed E-state index contributed by atoms with van der Waals surface area (Å²) in [5.41, 5.74) is 2.31. The molecule has 0 aromatic heterocycles. The Kier molecular flexibility index (Phi) is 6.03. The van der Waals surface area contributed by atoms with Crippen molar-refractivity contribution in [3.8, 4) is 5.75 Å².